The van der Waals surface area contributed by atoms with Crippen molar-refractivity contribution in [2.24, 2.45) is 11.8 Å². The zero-order valence-corrected chi connectivity index (χ0v) is 17.9. The molecule has 0 unspecified atom stereocenters. The number of rotatable bonds is 15. The lowest BCUT2D eigenvalue weighted by molar-refractivity contribution is 0.0689. The van der Waals surface area contributed by atoms with Crippen molar-refractivity contribution in [1.29, 1.82) is 0 Å². The van der Waals surface area contributed by atoms with Gasteiger partial charge in [0.25, 0.3) is 0 Å². The maximum Gasteiger partial charge on any atom is 0.354 e. The van der Waals surface area contributed by atoms with E-state index in [9.17, 15) is 9.90 Å². The van der Waals surface area contributed by atoms with Gasteiger partial charge in [0.05, 0.1) is 5.69 Å². The van der Waals surface area contributed by atoms with Crippen molar-refractivity contribution in [2.45, 2.75) is 85.6 Å². The third-order valence-electron chi connectivity index (χ3n) is 5.53. The van der Waals surface area contributed by atoms with Gasteiger partial charge in [0.2, 0.25) is 0 Å². The molecule has 154 valence electrons. The Morgan fingerprint density at radius 1 is 1.00 bits per heavy atom. The summed E-state index contributed by atoms with van der Waals surface area (Å²) in [5.41, 5.74) is 1.01. The lowest BCUT2D eigenvalue weighted by atomic mass is 9.95. The van der Waals surface area contributed by atoms with E-state index in [-0.39, 0.29) is 5.69 Å². The average Bonchev–Trinajstić information content (AvgIpc) is 2.68. The number of hydrogen-bond donors (Lipinski definition) is 1. The van der Waals surface area contributed by atoms with Crippen molar-refractivity contribution in [2.75, 3.05) is 13.1 Å². The number of carboxylic acid groups (broad SMARTS) is 1. The molecule has 0 aliphatic carbocycles. The molecule has 0 bridgehead atoms. The number of nitrogens with zero attached hydrogens (tertiary/aromatic N) is 2. The highest BCUT2D eigenvalue weighted by molar-refractivity contribution is 5.85. The summed E-state index contributed by atoms with van der Waals surface area (Å²) in [5.74, 6) is 0.458. The van der Waals surface area contributed by atoms with Gasteiger partial charge < -0.3 is 5.11 Å². The topological polar surface area (TPSA) is 53.4 Å². The molecule has 0 radical (unpaired) electrons. The van der Waals surface area contributed by atoms with E-state index in [1.165, 1.54) is 51.4 Å². The first kappa shape index (κ1) is 23.6. The van der Waals surface area contributed by atoms with Crippen molar-refractivity contribution in [1.82, 2.24) is 9.88 Å². The molecule has 1 N–H and O–H groups in total. The molecular weight excluding hydrogens is 336 g/mol. The van der Waals surface area contributed by atoms with Crippen molar-refractivity contribution in [3.63, 3.8) is 0 Å². The average molecular weight is 377 g/mol. The van der Waals surface area contributed by atoms with Crippen LogP contribution in [-0.4, -0.2) is 34.0 Å². The molecule has 0 saturated carbocycles. The van der Waals surface area contributed by atoms with E-state index in [1.807, 2.05) is 12.1 Å². The van der Waals surface area contributed by atoms with Gasteiger partial charge in [-0.05, 0) is 36.8 Å². The summed E-state index contributed by atoms with van der Waals surface area (Å²) >= 11 is 0. The molecule has 27 heavy (non-hydrogen) atoms. The minimum atomic E-state index is -0.952. The summed E-state index contributed by atoms with van der Waals surface area (Å²) in [7, 11) is 0. The third kappa shape index (κ3) is 9.37. The highest BCUT2D eigenvalue weighted by Gasteiger charge is 2.18. The second-order valence-electron chi connectivity index (χ2n) is 7.85. The SMILES string of the molecule is CCCC[C@@H](CC)CN(Cc1cccc(C(=O)O)n1)C[C@H](CC)CCCC. The number of aromatic carboxylic acids is 1. The van der Waals surface area contributed by atoms with Gasteiger partial charge in [0, 0.05) is 19.6 Å². The number of hydrogen-bond acceptors (Lipinski definition) is 3. The number of unbranched alkanes of at least 4 members (excludes halogenated alkanes) is 2. The van der Waals surface area contributed by atoms with Crippen LogP contribution in [-0.2, 0) is 6.54 Å². The molecule has 4 heteroatoms. The molecule has 0 spiro atoms. The number of pyridine rings is 1. The first-order valence-electron chi connectivity index (χ1n) is 10.9. The Labute approximate surface area is 166 Å². The first-order chi connectivity index (χ1) is 13.0. The minimum Gasteiger partial charge on any atom is -0.477 e. The second kappa shape index (κ2) is 13.7. The number of carbonyl (C=O) groups is 1. The largest absolute Gasteiger partial charge is 0.477 e. The van der Waals surface area contributed by atoms with E-state index in [0.29, 0.717) is 11.8 Å². The van der Waals surface area contributed by atoms with Crippen LogP contribution in [0, 0.1) is 11.8 Å². The molecule has 0 saturated heterocycles. The molecule has 1 aromatic rings. The van der Waals surface area contributed by atoms with Gasteiger partial charge in [-0.3, -0.25) is 4.90 Å². The van der Waals surface area contributed by atoms with Crippen LogP contribution < -0.4 is 0 Å². The van der Waals surface area contributed by atoms with E-state index in [2.05, 4.69) is 37.6 Å². The monoisotopic (exact) mass is 376 g/mol. The van der Waals surface area contributed by atoms with Gasteiger partial charge >= 0.3 is 5.97 Å². The summed E-state index contributed by atoms with van der Waals surface area (Å²) < 4.78 is 0. The van der Waals surface area contributed by atoms with Crippen LogP contribution in [0.5, 0.6) is 0 Å². The van der Waals surface area contributed by atoms with Crippen LogP contribution in [0.4, 0.5) is 0 Å². The Bertz CT molecular complexity index is 515. The Balaban J connectivity index is 2.87. The van der Waals surface area contributed by atoms with Crippen LogP contribution in [0.15, 0.2) is 18.2 Å². The Morgan fingerprint density at radius 2 is 1.56 bits per heavy atom. The smallest absolute Gasteiger partial charge is 0.354 e. The third-order valence-corrected chi connectivity index (χ3v) is 5.53. The predicted molar refractivity (Wildman–Crippen MR) is 113 cm³/mol. The zero-order chi connectivity index (χ0) is 20.1. The summed E-state index contributed by atoms with van der Waals surface area (Å²) in [4.78, 5) is 18.1. The normalized spacial score (nSPS) is 13.7. The predicted octanol–water partition coefficient (Wildman–Crippen LogP) is 6.01. The molecule has 2 atom stereocenters. The van der Waals surface area contributed by atoms with Gasteiger partial charge in [-0.1, -0.05) is 72.3 Å². The highest BCUT2D eigenvalue weighted by Crippen LogP contribution is 2.20. The molecular formula is C23H40N2O2. The van der Waals surface area contributed by atoms with Crippen molar-refractivity contribution < 1.29 is 9.90 Å². The molecule has 1 aromatic heterocycles. The maximum atomic E-state index is 11.2. The fourth-order valence-corrected chi connectivity index (χ4v) is 3.68. The standard InChI is InChI=1S/C23H40N2O2/c1-5-9-12-19(7-3)16-25(17-20(8-4)13-10-6-2)18-21-14-11-15-22(24-21)23(26)27/h11,14-15,19-20H,5-10,12-13,16-18H2,1-4H3,(H,26,27)/t19-,20-/m1/s1. The summed E-state index contributed by atoms with van der Waals surface area (Å²) in [6.45, 7) is 12.0. The van der Waals surface area contributed by atoms with Crippen LogP contribution in [0.25, 0.3) is 0 Å². The van der Waals surface area contributed by atoms with Gasteiger partial charge in [0.1, 0.15) is 5.69 Å². The number of carboxylic acids is 1. The molecule has 0 aromatic carbocycles. The fraction of sp³-hybridized carbons (Fsp3) is 0.739. The fourth-order valence-electron chi connectivity index (χ4n) is 3.68. The van der Waals surface area contributed by atoms with E-state index in [0.717, 1.165) is 25.3 Å². The lowest BCUT2D eigenvalue weighted by Crippen LogP contribution is -2.34. The molecule has 0 aliphatic rings. The van der Waals surface area contributed by atoms with Crippen LogP contribution in [0.1, 0.15) is 95.2 Å². The molecule has 4 nitrogen and oxygen atoms in total. The molecule has 1 heterocycles. The van der Waals surface area contributed by atoms with E-state index < -0.39 is 5.97 Å². The second-order valence-corrected chi connectivity index (χ2v) is 7.85. The quantitative estimate of drug-likeness (QED) is 0.407. The van der Waals surface area contributed by atoms with Crippen molar-refractivity contribution in [3.8, 4) is 0 Å². The molecule has 0 fully saturated rings. The summed E-state index contributed by atoms with van der Waals surface area (Å²) in [5, 5.41) is 9.23. The van der Waals surface area contributed by atoms with E-state index in [4.69, 9.17) is 0 Å². The van der Waals surface area contributed by atoms with Crippen LogP contribution >= 0.6 is 0 Å². The Morgan fingerprint density at radius 3 is 2.00 bits per heavy atom. The summed E-state index contributed by atoms with van der Waals surface area (Å²) in [6.07, 6.45) is 10.0. The Hall–Kier alpha value is -1.42. The van der Waals surface area contributed by atoms with Gasteiger partial charge in [-0.25, -0.2) is 9.78 Å². The van der Waals surface area contributed by atoms with E-state index in [1.54, 1.807) is 6.07 Å². The molecule has 0 aliphatic heterocycles. The van der Waals surface area contributed by atoms with E-state index >= 15 is 0 Å². The Kier molecular flexibility index (Phi) is 12.0. The van der Waals surface area contributed by atoms with Crippen LogP contribution in [0.2, 0.25) is 0 Å². The number of aromatic nitrogens is 1. The first-order valence-corrected chi connectivity index (χ1v) is 10.9. The van der Waals surface area contributed by atoms with Gasteiger partial charge in [-0.15, -0.1) is 0 Å². The van der Waals surface area contributed by atoms with Crippen LogP contribution in [0.3, 0.4) is 0 Å². The van der Waals surface area contributed by atoms with Crippen molar-refractivity contribution >= 4 is 5.97 Å². The van der Waals surface area contributed by atoms with Gasteiger partial charge in [-0.2, -0.15) is 0 Å². The zero-order valence-electron chi connectivity index (χ0n) is 17.9. The molecule has 1 rings (SSSR count). The highest BCUT2D eigenvalue weighted by atomic mass is 16.4. The minimum absolute atomic E-state index is 0.142. The summed E-state index contributed by atoms with van der Waals surface area (Å²) in [6, 6.07) is 5.34. The molecule has 0 amide bonds. The lowest BCUT2D eigenvalue weighted by Gasteiger charge is -2.30. The maximum absolute atomic E-state index is 11.2. The van der Waals surface area contributed by atoms with Crippen molar-refractivity contribution in [3.05, 3.63) is 29.6 Å². The van der Waals surface area contributed by atoms with Gasteiger partial charge in [0.15, 0.2) is 0 Å².